The normalized spacial score (nSPS) is 17.4. The summed E-state index contributed by atoms with van der Waals surface area (Å²) in [6, 6.07) is 0.150. The standard InChI is InChI=1S/C14H22N4O3/c1-4-10(5-2)15-13(19)12-17-16-11-8-9(14(20)21-3)6-7-18(11)12/h9-10H,4-8H2,1-3H3,(H,15,19). The number of ether oxygens (including phenoxy) is 1. The molecule has 116 valence electrons. The summed E-state index contributed by atoms with van der Waals surface area (Å²) in [6.07, 6.45) is 2.88. The van der Waals surface area contributed by atoms with Crippen molar-refractivity contribution in [1.82, 2.24) is 20.1 Å². The van der Waals surface area contributed by atoms with Crippen molar-refractivity contribution in [2.45, 2.75) is 52.1 Å². The number of amides is 1. The number of fused-ring (bicyclic) bond motifs is 1. The average Bonchev–Trinajstić information content (AvgIpc) is 2.94. The summed E-state index contributed by atoms with van der Waals surface area (Å²) in [4.78, 5) is 23.8. The van der Waals surface area contributed by atoms with Gasteiger partial charge in [0, 0.05) is 19.0 Å². The summed E-state index contributed by atoms with van der Waals surface area (Å²) in [7, 11) is 1.39. The van der Waals surface area contributed by atoms with E-state index < -0.39 is 0 Å². The molecule has 2 heterocycles. The molecular weight excluding hydrogens is 272 g/mol. The van der Waals surface area contributed by atoms with Crippen LogP contribution in [0.15, 0.2) is 0 Å². The minimum absolute atomic E-state index is 0.150. The Kier molecular flexibility index (Phi) is 4.93. The van der Waals surface area contributed by atoms with E-state index in [1.807, 2.05) is 13.8 Å². The lowest BCUT2D eigenvalue weighted by Crippen LogP contribution is -2.36. The Bertz CT molecular complexity index is 522. The van der Waals surface area contributed by atoms with Crippen molar-refractivity contribution in [3.05, 3.63) is 11.6 Å². The summed E-state index contributed by atoms with van der Waals surface area (Å²) < 4.78 is 6.57. The Morgan fingerprint density at radius 2 is 2.10 bits per heavy atom. The average molecular weight is 294 g/mol. The molecule has 1 atom stereocenters. The number of hydrogen-bond donors (Lipinski definition) is 1. The number of hydrogen-bond acceptors (Lipinski definition) is 5. The van der Waals surface area contributed by atoms with Crippen molar-refractivity contribution in [3.8, 4) is 0 Å². The lowest BCUT2D eigenvalue weighted by Gasteiger charge is -2.22. The maximum Gasteiger partial charge on any atom is 0.309 e. The fraction of sp³-hybridized carbons (Fsp3) is 0.714. The van der Waals surface area contributed by atoms with Crippen molar-refractivity contribution in [1.29, 1.82) is 0 Å². The quantitative estimate of drug-likeness (QED) is 0.816. The predicted molar refractivity (Wildman–Crippen MR) is 75.7 cm³/mol. The molecule has 1 N–H and O–H groups in total. The van der Waals surface area contributed by atoms with Crippen LogP contribution in [0.2, 0.25) is 0 Å². The van der Waals surface area contributed by atoms with Crippen LogP contribution >= 0.6 is 0 Å². The van der Waals surface area contributed by atoms with Gasteiger partial charge in [-0.1, -0.05) is 13.8 Å². The number of aromatic nitrogens is 3. The molecule has 7 heteroatoms. The number of nitrogens with zero attached hydrogens (tertiary/aromatic N) is 3. The van der Waals surface area contributed by atoms with Gasteiger partial charge in [0.25, 0.3) is 5.91 Å². The summed E-state index contributed by atoms with van der Waals surface area (Å²) in [5.74, 6) is 0.388. The molecule has 1 aromatic heterocycles. The predicted octanol–water partition coefficient (Wildman–Crippen LogP) is 0.932. The van der Waals surface area contributed by atoms with Gasteiger partial charge in [-0.05, 0) is 19.3 Å². The highest BCUT2D eigenvalue weighted by molar-refractivity contribution is 5.91. The van der Waals surface area contributed by atoms with Gasteiger partial charge in [0.1, 0.15) is 5.82 Å². The van der Waals surface area contributed by atoms with Crippen LogP contribution in [0.25, 0.3) is 0 Å². The molecule has 1 aliphatic heterocycles. The minimum Gasteiger partial charge on any atom is -0.469 e. The Morgan fingerprint density at radius 1 is 1.38 bits per heavy atom. The molecule has 2 rings (SSSR count). The molecule has 0 bridgehead atoms. The smallest absolute Gasteiger partial charge is 0.309 e. The molecule has 0 aromatic carbocycles. The third-order valence-corrected chi connectivity index (χ3v) is 4.02. The van der Waals surface area contributed by atoms with E-state index >= 15 is 0 Å². The third kappa shape index (κ3) is 3.22. The number of methoxy groups -OCH3 is 1. The van der Waals surface area contributed by atoms with E-state index in [-0.39, 0.29) is 23.8 Å². The zero-order chi connectivity index (χ0) is 15.4. The van der Waals surface area contributed by atoms with Crippen molar-refractivity contribution in [3.63, 3.8) is 0 Å². The molecule has 21 heavy (non-hydrogen) atoms. The van der Waals surface area contributed by atoms with Gasteiger partial charge in [0.05, 0.1) is 13.0 Å². The number of nitrogens with one attached hydrogen (secondary N) is 1. The maximum atomic E-state index is 12.3. The van der Waals surface area contributed by atoms with E-state index in [2.05, 4.69) is 15.5 Å². The van der Waals surface area contributed by atoms with Gasteiger partial charge in [-0.2, -0.15) is 0 Å². The second-order valence-electron chi connectivity index (χ2n) is 5.29. The molecule has 0 radical (unpaired) electrons. The van der Waals surface area contributed by atoms with E-state index in [0.29, 0.717) is 31.0 Å². The molecule has 1 aliphatic rings. The van der Waals surface area contributed by atoms with Gasteiger partial charge >= 0.3 is 5.97 Å². The monoisotopic (exact) mass is 294 g/mol. The number of esters is 1. The van der Waals surface area contributed by atoms with E-state index in [1.165, 1.54) is 7.11 Å². The number of carbonyl (C=O) groups is 2. The molecule has 7 nitrogen and oxygen atoms in total. The first-order chi connectivity index (χ1) is 10.1. The Balaban J connectivity index is 2.10. The van der Waals surface area contributed by atoms with Gasteiger partial charge < -0.3 is 14.6 Å². The van der Waals surface area contributed by atoms with Crippen LogP contribution in [-0.4, -0.2) is 39.8 Å². The Hall–Kier alpha value is -1.92. The summed E-state index contributed by atoms with van der Waals surface area (Å²) >= 11 is 0. The maximum absolute atomic E-state index is 12.3. The molecule has 1 aromatic rings. The van der Waals surface area contributed by atoms with Gasteiger partial charge in [0.15, 0.2) is 0 Å². The topological polar surface area (TPSA) is 86.1 Å². The van der Waals surface area contributed by atoms with Gasteiger partial charge in [-0.3, -0.25) is 9.59 Å². The first-order valence-corrected chi connectivity index (χ1v) is 7.41. The second kappa shape index (κ2) is 6.69. The highest BCUT2D eigenvalue weighted by Crippen LogP contribution is 2.21. The third-order valence-electron chi connectivity index (χ3n) is 4.02. The Labute approximate surface area is 124 Å². The van der Waals surface area contributed by atoms with E-state index in [1.54, 1.807) is 4.57 Å². The van der Waals surface area contributed by atoms with Gasteiger partial charge in [-0.15, -0.1) is 10.2 Å². The molecule has 0 saturated carbocycles. The largest absolute Gasteiger partial charge is 0.469 e. The fourth-order valence-corrected chi connectivity index (χ4v) is 2.61. The highest BCUT2D eigenvalue weighted by Gasteiger charge is 2.30. The van der Waals surface area contributed by atoms with E-state index in [4.69, 9.17) is 4.74 Å². The van der Waals surface area contributed by atoms with Crippen molar-refractivity contribution < 1.29 is 14.3 Å². The summed E-state index contributed by atoms with van der Waals surface area (Å²) in [5.41, 5.74) is 0. The van der Waals surface area contributed by atoms with Crippen LogP contribution in [0, 0.1) is 5.92 Å². The van der Waals surface area contributed by atoms with Crippen molar-refractivity contribution in [2.24, 2.45) is 5.92 Å². The van der Waals surface area contributed by atoms with Crippen LogP contribution in [-0.2, 0) is 22.5 Å². The zero-order valence-electron chi connectivity index (χ0n) is 12.8. The van der Waals surface area contributed by atoms with Gasteiger partial charge in [-0.25, -0.2) is 0 Å². The first kappa shape index (κ1) is 15.5. The Morgan fingerprint density at radius 3 is 2.71 bits per heavy atom. The lowest BCUT2D eigenvalue weighted by molar-refractivity contribution is -0.146. The molecule has 0 saturated heterocycles. The molecule has 1 amide bonds. The van der Waals surface area contributed by atoms with Crippen LogP contribution in [0.1, 0.15) is 49.6 Å². The van der Waals surface area contributed by atoms with Crippen LogP contribution in [0.3, 0.4) is 0 Å². The fourth-order valence-electron chi connectivity index (χ4n) is 2.61. The minimum atomic E-state index is -0.229. The number of rotatable bonds is 5. The van der Waals surface area contributed by atoms with Crippen LogP contribution in [0.5, 0.6) is 0 Å². The van der Waals surface area contributed by atoms with Crippen molar-refractivity contribution >= 4 is 11.9 Å². The lowest BCUT2D eigenvalue weighted by atomic mass is 9.98. The summed E-state index contributed by atoms with van der Waals surface area (Å²) in [6.45, 7) is 4.64. The van der Waals surface area contributed by atoms with Crippen molar-refractivity contribution in [2.75, 3.05) is 7.11 Å². The van der Waals surface area contributed by atoms with E-state index in [0.717, 1.165) is 12.8 Å². The molecule has 0 fully saturated rings. The van der Waals surface area contributed by atoms with Crippen LogP contribution in [0.4, 0.5) is 0 Å². The first-order valence-electron chi connectivity index (χ1n) is 7.41. The second-order valence-corrected chi connectivity index (χ2v) is 5.29. The van der Waals surface area contributed by atoms with Crippen LogP contribution < -0.4 is 5.32 Å². The molecule has 1 unspecified atom stereocenters. The zero-order valence-corrected chi connectivity index (χ0v) is 12.8. The number of carbonyl (C=O) groups excluding carboxylic acids is 2. The molecule has 0 spiro atoms. The summed E-state index contributed by atoms with van der Waals surface area (Å²) in [5, 5.41) is 11.0. The molecular formula is C14H22N4O3. The SMILES string of the molecule is CCC(CC)NC(=O)c1nnc2n1CCC(C(=O)OC)C2. The molecule has 0 aliphatic carbocycles. The van der Waals surface area contributed by atoms with E-state index in [9.17, 15) is 9.59 Å². The highest BCUT2D eigenvalue weighted by atomic mass is 16.5. The van der Waals surface area contributed by atoms with Gasteiger partial charge in [0.2, 0.25) is 5.82 Å².